The van der Waals surface area contributed by atoms with E-state index in [1.54, 1.807) is 23.9 Å². The van der Waals surface area contributed by atoms with Gasteiger partial charge in [-0.2, -0.15) is 0 Å². The van der Waals surface area contributed by atoms with Crippen LogP contribution in [0.2, 0.25) is 0 Å². The number of rotatable bonds is 5. The Labute approximate surface area is 94.0 Å². The SMILES string of the molecule is CCC(CC)Sc1ccc([N+](=O)[O-])cc1. The van der Waals surface area contributed by atoms with Crippen LogP contribution in [0.5, 0.6) is 0 Å². The van der Waals surface area contributed by atoms with Crippen molar-refractivity contribution in [1.29, 1.82) is 0 Å². The van der Waals surface area contributed by atoms with E-state index < -0.39 is 0 Å². The number of benzene rings is 1. The average Bonchev–Trinajstić information content (AvgIpc) is 2.26. The monoisotopic (exact) mass is 225 g/mol. The largest absolute Gasteiger partial charge is 0.269 e. The minimum Gasteiger partial charge on any atom is -0.258 e. The van der Waals surface area contributed by atoms with Crippen LogP contribution in [0, 0.1) is 10.1 Å². The van der Waals surface area contributed by atoms with Gasteiger partial charge in [0.15, 0.2) is 0 Å². The van der Waals surface area contributed by atoms with E-state index in [1.807, 2.05) is 12.1 Å². The van der Waals surface area contributed by atoms with Crippen molar-refractivity contribution in [2.45, 2.75) is 36.8 Å². The normalized spacial score (nSPS) is 10.6. The van der Waals surface area contributed by atoms with Gasteiger partial charge in [-0.1, -0.05) is 13.8 Å². The minimum absolute atomic E-state index is 0.156. The molecule has 1 rings (SSSR count). The van der Waals surface area contributed by atoms with Gasteiger partial charge in [0.25, 0.3) is 5.69 Å². The molecule has 0 aliphatic heterocycles. The number of hydrogen-bond donors (Lipinski definition) is 0. The fourth-order valence-electron chi connectivity index (χ4n) is 1.29. The summed E-state index contributed by atoms with van der Waals surface area (Å²) in [5.74, 6) is 0. The highest BCUT2D eigenvalue weighted by Gasteiger charge is 2.08. The van der Waals surface area contributed by atoms with Crippen molar-refractivity contribution in [2.75, 3.05) is 0 Å². The third kappa shape index (κ3) is 3.55. The second-order valence-corrected chi connectivity index (χ2v) is 4.68. The maximum atomic E-state index is 10.4. The molecule has 0 unspecified atom stereocenters. The van der Waals surface area contributed by atoms with E-state index in [9.17, 15) is 10.1 Å². The van der Waals surface area contributed by atoms with Gasteiger partial charge < -0.3 is 0 Å². The maximum absolute atomic E-state index is 10.4. The van der Waals surface area contributed by atoms with E-state index >= 15 is 0 Å². The lowest BCUT2D eigenvalue weighted by molar-refractivity contribution is -0.384. The van der Waals surface area contributed by atoms with Crippen LogP contribution in [0.4, 0.5) is 5.69 Å². The number of nitrogens with zero attached hydrogens (tertiary/aromatic N) is 1. The van der Waals surface area contributed by atoms with Crippen molar-refractivity contribution < 1.29 is 4.92 Å². The van der Waals surface area contributed by atoms with E-state index in [0.717, 1.165) is 17.7 Å². The number of nitro groups is 1. The first-order valence-electron chi connectivity index (χ1n) is 5.08. The van der Waals surface area contributed by atoms with Crippen molar-refractivity contribution in [2.24, 2.45) is 0 Å². The standard InChI is InChI=1S/C11H15NO2S/c1-3-10(4-2)15-11-7-5-9(6-8-11)12(13)14/h5-8,10H,3-4H2,1-2H3. The summed E-state index contributed by atoms with van der Waals surface area (Å²) in [5.41, 5.74) is 0.156. The molecule has 3 nitrogen and oxygen atoms in total. The van der Waals surface area contributed by atoms with Gasteiger partial charge in [-0.3, -0.25) is 10.1 Å². The van der Waals surface area contributed by atoms with E-state index in [2.05, 4.69) is 13.8 Å². The minimum atomic E-state index is -0.369. The molecule has 0 spiro atoms. The summed E-state index contributed by atoms with van der Waals surface area (Å²) in [6, 6.07) is 6.76. The molecule has 82 valence electrons. The summed E-state index contributed by atoms with van der Waals surface area (Å²) >= 11 is 1.79. The Morgan fingerprint density at radius 2 is 1.80 bits per heavy atom. The molecule has 0 aliphatic rings. The molecule has 0 saturated carbocycles. The first-order valence-corrected chi connectivity index (χ1v) is 5.96. The molecule has 0 atom stereocenters. The highest BCUT2D eigenvalue weighted by molar-refractivity contribution is 8.00. The van der Waals surface area contributed by atoms with E-state index in [0.29, 0.717) is 5.25 Å². The molecule has 0 fully saturated rings. The molecular formula is C11H15NO2S. The molecule has 0 radical (unpaired) electrons. The molecule has 15 heavy (non-hydrogen) atoms. The quantitative estimate of drug-likeness (QED) is 0.434. The van der Waals surface area contributed by atoms with Crippen LogP contribution in [0.25, 0.3) is 0 Å². The van der Waals surface area contributed by atoms with Gasteiger partial charge in [-0.05, 0) is 25.0 Å². The number of thioether (sulfide) groups is 1. The Balaban J connectivity index is 2.67. The number of hydrogen-bond acceptors (Lipinski definition) is 3. The molecule has 1 aromatic rings. The van der Waals surface area contributed by atoms with Gasteiger partial charge in [-0.15, -0.1) is 11.8 Å². The average molecular weight is 225 g/mol. The number of non-ortho nitro benzene ring substituents is 1. The van der Waals surface area contributed by atoms with Gasteiger partial charge in [-0.25, -0.2) is 0 Å². The third-order valence-electron chi connectivity index (χ3n) is 2.26. The van der Waals surface area contributed by atoms with E-state index in [1.165, 1.54) is 0 Å². The smallest absolute Gasteiger partial charge is 0.258 e. The maximum Gasteiger partial charge on any atom is 0.269 e. The Morgan fingerprint density at radius 1 is 1.27 bits per heavy atom. The van der Waals surface area contributed by atoms with Crippen LogP contribution in [0.3, 0.4) is 0 Å². The van der Waals surface area contributed by atoms with Gasteiger partial charge in [0.1, 0.15) is 0 Å². The molecule has 1 aromatic carbocycles. The Kier molecular flexibility index (Phi) is 4.62. The van der Waals surface area contributed by atoms with E-state index in [4.69, 9.17) is 0 Å². The van der Waals surface area contributed by atoms with Crippen molar-refractivity contribution in [3.63, 3.8) is 0 Å². The molecule has 0 bridgehead atoms. The molecule has 0 saturated heterocycles. The van der Waals surface area contributed by atoms with Crippen molar-refractivity contribution in [1.82, 2.24) is 0 Å². The predicted molar refractivity (Wildman–Crippen MR) is 63.3 cm³/mol. The zero-order valence-corrected chi connectivity index (χ0v) is 9.79. The Bertz CT molecular complexity index is 320. The summed E-state index contributed by atoms with van der Waals surface area (Å²) in [5, 5.41) is 11.0. The lowest BCUT2D eigenvalue weighted by atomic mass is 10.3. The second kappa shape index (κ2) is 5.75. The highest BCUT2D eigenvalue weighted by atomic mass is 32.2. The summed E-state index contributed by atoms with van der Waals surface area (Å²) in [7, 11) is 0. The molecular weight excluding hydrogens is 210 g/mol. The predicted octanol–water partition coefficient (Wildman–Crippen LogP) is 3.88. The summed E-state index contributed by atoms with van der Waals surface area (Å²) in [6.45, 7) is 4.32. The molecule has 4 heteroatoms. The Morgan fingerprint density at radius 3 is 2.20 bits per heavy atom. The van der Waals surface area contributed by atoms with Crippen LogP contribution < -0.4 is 0 Å². The van der Waals surface area contributed by atoms with Crippen LogP contribution in [0.15, 0.2) is 29.2 Å². The molecule has 0 heterocycles. The molecule has 0 aliphatic carbocycles. The van der Waals surface area contributed by atoms with Gasteiger partial charge >= 0.3 is 0 Å². The van der Waals surface area contributed by atoms with Crippen LogP contribution in [-0.4, -0.2) is 10.2 Å². The van der Waals surface area contributed by atoms with Gasteiger partial charge in [0, 0.05) is 22.3 Å². The summed E-state index contributed by atoms with van der Waals surface area (Å²) in [6.07, 6.45) is 2.25. The molecule has 0 N–H and O–H groups in total. The zero-order valence-electron chi connectivity index (χ0n) is 8.97. The second-order valence-electron chi connectivity index (χ2n) is 3.31. The molecule has 0 aromatic heterocycles. The molecule has 0 amide bonds. The van der Waals surface area contributed by atoms with Crippen molar-refractivity contribution in [3.05, 3.63) is 34.4 Å². The van der Waals surface area contributed by atoms with Gasteiger partial charge in [0.2, 0.25) is 0 Å². The summed E-state index contributed by atoms with van der Waals surface area (Å²) in [4.78, 5) is 11.2. The fourth-order valence-corrected chi connectivity index (χ4v) is 2.31. The van der Waals surface area contributed by atoms with Gasteiger partial charge in [0.05, 0.1) is 4.92 Å². The van der Waals surface area contributed by atoms with Crippen molar-refractivity contribution in [3.8, 4) is 0 Å². The first kappa shape index (κ1) is 12.0. The van der Waals surface area contributed by atoms with E-state index in [-0.39, 0.29) is 10.6 Å². The zero-order chi connectivity index (χ0) is 11.3. The topological polar surface area (TPSA) is 43.1 Å². The van der Waals surface area contributed by atoms with Crippen LogP contribution >= 0.6 is 11.8 Å². The third-order valence-corrected chi connectivity index (χ3v) is 3.81. The summed E-state index contributed by atoms with van der Waals surface area (Å²) < 4.78 is 0. The lowest BCUT2D eigenvalue weighted by Crippen LogP contribution is -1.97. The lowest BCUT2D eigenvalue weighted by Gasteiger charge is -2.10. The van der Waals surface area contributed by atoms with Crippen LogP contribution in [0.1, 0.15) is 26.7 Å². The Hall–Kier alpha value is -1.03. The van der Waals surface area contributed by atoms with Crippen LogP contribution in [-0.2, 0) is 0 Å². The highest BCUT2D eigenvalue weighted by Crippen LogP contribution is 2.28. The van der Waals surface area contributed by atoms with Crippen molar-refractivity contribution >= 4 is 17.4 Å². The number of nitro benzene ring substituents is 1. The first-order chi connectivity index (χ1) is 7.17. The fraction of sp³-hybridized carbons (Fsp3) is 0.455.